The molecule has 0 aromatic heterocycles. The second-order valence-electron chi connectivity index (χ2n) is 5.84. The van der Waals surface area contributed by atoms with Crippen molar-refractivity contribution < 1.29 is 9.47 Å². The summed E-state index contributed by atoms with van der Waals surface area (Å²) in [4.78, 5) is 2.34. The normalized spacial score (nSPS) is 16.8. The van der Waals surface area contributed by atoms with E-state index in [2.05, 4.69) is 54.3 Å². The van der Waals surface area contributed by atoms with Gasteiger partial charge in [0.1, 0.15) is 11.9 Å². The SMILES string of the molecule is Cc1ccc2c(c1)OC(c1ccccc1)CN2CCOCCN. The number of nitrogens with two attached hydrogens (primary N) is 1. The van der Waals surface area contributed by atoms with Gasteiger partial charge in [-0.1, -0.05) is 36.4 Å². The Balaban J connectivity index is 1.80. The molecule has 122 valence electrons. The van der Waals surface area contributed by atoms with Crippen LogP contribution in [-0.2, 0) is 4.74 Å². The van der Waals surface area contributed by atoms with Crippen molar-refractivity contribution in [3.05, 3.63) is 59.7 Å². The molecular weight excluding hydrogens is 288 g/mol. The molecule has 0 bridgehead atoms. The summed E-state index contributed by atoms with van der Waals surface area (Å²) in [5.74, 6) is 0.948. The summed E-state index contributed by atoms with van der Waals surface area (Å²) in [5.41, 5.74) is 9.03. The Morgan fingerprint density at radius 1 is 1.17 bits per heavy atom. The van der Waals surface area contributed by atoms with Gasteiger partial charge in [-0.3, -0.25) is 0 Å². The van der Waals surface area contributed by atoms with Crippen molar-refractivity contribution in [2.45, 2.75) is 13.0 Å². The maximum Gasteiger partial charge on any atom is 0.143 e. The first-order chi connectivity index (χ1) is 11.3. The number of ether oxygens (including phenoxy) is 2. The van der Waals surface area contributed by atoms with Crippen molar-refractivity contribution >= 4 is 5.69 Å². The van der Waals surface area contributed by atoms with Gasteiger partial charge in [0.15, 0.2) is 0 Å². The number of fused-ring (bicyclic) bond motifs is 1. The maximum atomic E-state index is 6.25. The number of hydrogen-bond acceptors (Lipinski definition) is 4. The Kier molecular flexibility index (Phi) is 5.16. The monoisotopic (exact) mass is 312 g/mol. The van der Waals surface area contributed by atoms with Crippen molar-refractivity contribution in [2.24, 2.45) is 5.73 Å². The summed E-state index contributed by atoms with van der Waals surface area (Å²) in [5, 5.41) is 0. The predicted octanol–water partition coefficient (Wildman–Crippen LogP) is 2.91. The van der Waals surface area contributed by atoms with Crippen LogP contribution in [0.25, 0.3) is 0 Å². The van der Waals surface area contributed by atoms with Crippen molar-refractivity contribution in [1.29, 1.82) is 0 Å². The highest BCUT2D eigenvalue weighted by Gasteiger charge is 2.26. The molecule has 0 saturated heterocycles. The first-order valence-corrected chi connectivity index (χ1v) is 8.13. The lowest BCUT2D eigenvalue weighted by Gasteiger charge is -2.36. The van der Waals surface area contributed by atoms with Crippen LogP contribution in [0.1, 0.15) is 17.2 Å². The second-order valence-corrected chi connectivity index (χ2v) is 5.84. The zero-order valence-electron chi connectivity index (χ0n) is 13.6. The summed E-state index contributed by atoms with van der Waals surface area (Å²) in [6, 6.07) is 16.7. The standard InChI is InChI=1S/C19H24N2O2/c1-15-7-8-17-18(13-15)23-19(16-5-3-2-4-6-16)14-21(17)10-12-22-11-9-20/h2-8,13,19H,9-12,14,20H2,1H3. The van der Waals surface area contributed by atoms with Gasteiger partial charge < -0.3 is 20.1 Å². The fourth-order valence-electron chi connectivity index (χ4n) is 2.88. The average Bonchev–Trinajstić information content (AvgIpc) is 2.58. The molecule has 0 saturated carbocycles. The van der Waals surface area contributed by atoms with E-state index < -0.39 is 0 Å². The molecule has 3 rings (SSSR count). The first-order valence-electron chi connectivity index (χ1n) is 8.13. The molecule has 2 aromatic rings. The van der Waals surface area contributed by atoms with Crippen LogP contribution in [0.2, 0.25) is 0 Å². The minimum absolute atomic E-state index is 0.0417. The smallest absolute Gasteiger partial charge is 0.143 e. The zero-order valence-corrected chi connectivity index (χ0v) is 13.6. The molecule has 0 fully saturated rings. The van der Waals surface area contributed by atoms with E-state index in [1.165, 1.54) is 11.1 Å². The lowest BCUT2D eigenvalue weighted by atomic mass is 10.1. The van der Waals surface area contributed by atoms with Gasteiger partial charge in [0, 0.05) is 13.1 Å². The van der Waals surface area contributed by atoms with Gasteiger partial charge in [-0.15, -0.1) is 0 Å². The molecule has 0 aliphatic carbocycles. The molecule has 0 spiro atoms. The second kappa shape index (κ2) is 7.49. The fourth-order valence-corrected chi connectivity index (χ4v) is 2.88. The molecule has 1 atom stereocenters. The van der Waals surface area contributed by atoms with Gasteiger partial charge in [-0.25, -0.2) is 0 Å². The van der Waals surface area contributed by atoms with Crippen LogP contribution in [0.15, 0.2) is 48.5 Å². The highest BCUT2D eigenvalue weighted by molar-refractivity contribution is 5.61. The lowest BCUT2D eigenvalue weighted by molar-refractivity contribution is 0.140. The molecule has 2 aromatic carbocycles. The number of rotatable bonds is 6. The largest absolute Gasteiger partial charge is 0.482 e. The first kappa shape index (κ1) is 15.8. The molecule has 23 heavy (non-hydrogen) atoms. The molecule has 0 radical (unpaired) electrons. The molecule has 1 heterocycles. The van der Waals surface area contributed by atoms with Crippen molar-refractivity contribution in [1.82, 2.24) is 0 Å². The third-order valence-electron chi connectivity index (χ3n) is 4.05. The Morgan fingerprint density at radius 2 is 2.00 bits per heavy atom. The van der Waals surface area contributed by atoms with Crippen LogP contribution < -0.4 is 15.4 Å². The minimum Gasteiger partial charge on any atom is -0.482 e. The molecule has 2 N–H and O–H groups in total. The Morgan fingerprint density at radius 3 is 2.78 bits per heavy atom. The highest BCUT2D eigenvalue weighted by atomic mass is 16.5. The Labute approximate surface area is 137 Å². The number of hydrogen-bond donors (Lipinski definition) is 1. The summed E-state index contributed by atoms with van der Waals surface area (Å²) in [7, 11) is 0. The van der Waals surface area contributed by atoms with Gasteiger partial charge in [0.05, 0.1) is 25.4 Å². The molecule has 0 amide bonds. The van der Waals surface area contributed by atoms with E-state index in [0.29, 0.717) is 19.8 Å². The molecule has 1 aliphatic rings. The summed E-state index contributed by atoms with van der Waals surface area (Å²) < 4.78 is 11.8. The van der Waals surface area contributed by atoms with E-state index in [0.717, 1.165) is 24.5 Å². The molecule has 4 heteroatoms. The van der Waals surface area contributed by atoms with Gasteiger partial charge in [0.25, 0.3) is 0 Å². The van der Waals surface area contributed by atoms with E-state index in [9.17, 15) is 0 Å². The maximum absolute atomic E-state index is 6.25. The van der Waals surface area contributed by atoms with Crippen LogP contribution in [0.4, 0.5) is 5.69 Å². The lowest BCUT2D eigenvalue weighted by Crippen LogP contribution is -2.37. The minimum atomic E-state index is 0.0417. The van der Waals surface area contributed by atoms with Crippen LogP contribution in [0.3, 0.4) is 0 Å². The van der Waals surface area contributed by atoms with Crippen LogP contribution >= 0.6 is 0 Å². The number of anilines is 1. The van der Waals surface area contributed by atoms with Crippen molar-refractivity contribution in [3.63, 3.8) is 0 Å². The molecular formula is C19H24N2O2. The summed E-state index contributed by atoms with van der Waals surface area (Å²) in [6.45, 7) is 5.59. The Bertz CT molecular complexity index is 631. The van der Waals surface area contributed by atoms with E-state index >= 15 is 0 Å². The highest BCUT2D eigenvalue weighted by Crippen LogP contribution is 2.38. The molecule has 1 aliphatic heterocycles. The Hall–Kier alpha value is -2.04. The summed E-state index contributed by atoms with van der Waals surface area (Å²) in [6.07, 6.45) is 0.0417. The number of benzene rings is 2. The molecule has 4 nitrogen and oxygen atoms in total. The number of nitrogens with zero attached hydrogens (tertiary/aromatic N) is 1. The van der Waals surface area contributed by atoms with Gasteiger partial charge in [-0.05, 0) is 30.2 Å². The third-order valence-corrected chi connectivity index (χ3v) is 4.05. The van der Waals surface area contributed by atoms with Gasteiger partial charge in [0.2, 0.25) is 0 Å². The van der Waals surface area contributed by atoms with E-state index in [4.69, 9.17) is 15.2 Å². The quantitative estimate of drug-likeness (QED) is 0.833. The predicted molar refractivity (Wildman–Crippen MR) is 93.1 cm³/mol. The van der Waals surface area contributed by atoms with Gasteiger partial charge in [-0.2, -0.15) is 0 Å². The van der Waals surface area contributed by atoms with E-state index in [1.54, 1.807) is 0 Å². The number of aryl methyl sites for hydroxylation is 1. The average molecular weight is 312 g/mol. The van der Waals surface area contributed by atoms with Crippen molar-refractivity contribution in [2.75, 3.05) is 37.7 Å². The van der Waals surface area contributed by atoms with Gasteiger partial charge >= 0.3 is 0 Å². The van der Waals surface area contributed by atoms with E-state index in [-0.39, 0.29) is 6.10 Å². The van der Waals surface area contributed by atoms with Crippen LogP contribution in [0.5, 0.6) is 5.75 Å². The van der Waals surface area contributed by atoms with E-state index in [1.807, 2.05) is 6.07 Å². The fraction of sp³-hybridized carbons (Fsp3) is 0.368. The summed E-state index contributed by atoms with van der Waals surface area (Å²) >= 11 is 0. The topological polar surface area (TPSA) is 47.7 Å². The van der Waals surface area contributed by atoms with Crippen molar-refractivity contribution in [3.8, 4) is 5.75 Å². The third kappa shape index (κ3) is 3.84. The zero-order chi connectivity index (χ0) is 16.1. The van der Waals surface area contributed by atoms with Crippen LogP contribution in [0, 0.1) is 6.92 Å². The molecule has 1 unspecified atom stereocenters. The van der Waals surface area contributed by atoms with Crippen LogP contribution in [-0.4, -0.2) is 32.8 Å².